The number of rotatable bonds is 9. The molecule has 1 aromatic rings. The molecule has 2 rings (SSSR count). The number of fused-ring (bicyclic) bond motifs is 1. The molecule has 0 radical (unpaired) electrons. The maximum absolute atomic E-state index is 11.6. The van der Waals surface area contributed by atoms with Crippen LogP contribution in [0.15, 0.2) is 18.2 Å². The summed E-state index contributed by atoms with van der Waals surface area (Å²) in [7, 11) is 0. The van der Waals surface area contributed by atoms with E-state index in [1.54, 1.807) is 0 Å². The van der Waals surface area contributed by atoms with E-state index in [0.717, 1.165) is 38.2 Å². The van der Waals surface area contributed by atoms with Crippen molar-refractivity contribution < 1.29 is 14.6 Å². The summed E-state index contributed by atoms with van der Waals surface area (Å²) in [5.74, 6) is -0.152. The van der Waals surface area contributed by atoms with Gasteiger partial charge in [0, 0.05) is 19.2 Å². The van der Waals surface area contributed by atoms with Gasteiger partial charge in [0.25, 0.3) is 0 Å². The van der Waals surface area contributed by atoms with Gasteiger partial charge in [-0.25, -0.2) is 0 Å². The standard InChI is InChI=1S/C20H32N2O3/c1-4-10-21(11-5-2)12-8-20-19-7-6-18(22(15-23)16(3)24)14-17(19)9-13-25-20/h6-7,14,20,23H,4-5,8-13,15H2,1-3H3. The van der Waals surface area contributed by atoms with E-state index >= 15 is 0 Å². The van der Waals surface area contributed by atoms with Crippen molar-refractivity contribution in [1.82, 2.24) is 4.90 Å². The van der Waals surface area contributed by atoms with Crippen LogP contribution in [0.1, 0.15) is 57.3 Å². The van der Waals surface area contributed by atoms with Gasteiger partial charge in [0.2, 0.25) is 5.91 Å². The van der Waals surface area contributed by atoms with E-state index in [1.807, 2.05) is 12.1 Å². The van der Waals surface area contributed by atoms with E-state index < -0.39 is 0 Å². The van der Waals surface area contributed by atoms with Crippen molar-refractivity contribution in [2.75, 3.05) is 37.9 Å². The molecule has 0 bridgehead atoms. The Hall–Kier alpha value is -1.43. The molecule has 1 atom stereocenters. The largest absolute Gasteiger partial charge is 0.376 e. The number of hydrogen-bond donors (Lipinski definition) is 1. The Kier molecular flexibility index (Phi) is 7.88. The molecule has 0 saturated heterocycles. The molecule has 1 heterocycles. The van der Waals surface area contributed by atoms with Crippen LogP contribution in [0.25, 0.3) is 0 Å². The molecule has 0 aromatic heterocycles. The van der Waals surface area contributed by atoms with Crippen molar-refractivity contribution in [1.29, 1.82) is 0 Å². The molecule has 1 aromatic carbocycles. The van der Waals surface area contributed by atoms with Gasteiger partial charge in [-0.2, -0.15) is 0 Å². The van der Waals surface area contributed by atoms with Crippen molar-refractivity contribution in [3.8, 4) is 0 Å². The highest BCUT2D eigenvalue weighted by atomic mass is 16.5. The average molecular weight is 348 g/mol. The molecule has 1 unspecified atom stereocenters. The number of amides is 1. The lowest BCUT2D eigenvalue weighted by Gasteiger charge is -2.30. The number of nitrogens with zero attached hydrogens (tertiary/aromatic N) is 2. The highest BCUT2D eigenvalue weighted by Crippen LogP contribution is 2.32. The topological polar surface area (TPSA) is 53.0 Å². The van der Waals surface area contributed by atoms with Crippen LogP contribution in [0.5, 0.6) is 0 Å². The smallest absolute Gasteiger partial charge is 0.225 e. The van der Waals surface area contributed by atoms with E-state index in [2.05, 4.69) is 24.8 Å². The summed E-state index contributed by atoms with van der Waals surface area (Å²) < 4.78 is 6.03. The first-order chi connectivity index (χ1) is 12.1. The number of carbonyl (C=O) groups excluding carboxylic acids is 1. The quantitative estimate of drug-likeness (QED) is 0.697. The Labute approximate surface area is 151 Å². The van der Waals surface area contributed by atoms with Gasteiger partial charge in [-0.05, 0) is 62.0 Å². The number of benzene rings is 1. The molecule has 140 valence electrons. The number of hydrogen-bond acceptors (Lipinski definition) is 4. The molecule has 25 heavy (non-hydrogen) atoms. The molecule has 5 nitrogen and oxygen atoms in total. The summed E-state index contributed by atoms with van der Waals surface area (Å²) >= 11 is 0. The van der Waals surface area contributed by atoms with Crippen LogP contribution in [0.2, 0.25) is 0 Å². The van der Waals surface area contributed by atoms with Crippen molar-refractivity contribution in [2.24, 2.45) is 0 Å². The molecule has 0 saturated carbocycles. The molecular weight excluding hydrogens is 316 g/mol. The van der Waals surface area contributed by atoms with E-state index in [1.165, 1.54) is 35.8 Å². The lowest BCUT2D eigenvalue weighted by atomic mass is 9.94. The third-order valence-electron chi connectivity index (χ3n) is 4.78. The molecular formula is C20H32N2O3. The van der Waals surface area contributed by atoms with E-state index in [4.69, 9.17) is 4.74 Å². The predicted molar refractivity (Wildman–Crippen MR) is 101 cm³/mol. The van der Waals surface area contributed by atoms with Crippen molar-refractivity contribution in [3.05, 3.63) is 29.3 Å². The molecule has 1 amide bonds. The molecule has 1 aliphatic heterocycles. The Balaban J connectivity index is 2.09. The van der Waals surface area contributed by atoms with Crippen LogP contribution in [0.3, 0.4) is 0 Å². The zero-order chi connectivity index (χ0) is 18.2. The minimum Gasteiger partial charge on any atom is -0.376 e. The lowest BCUT2D eigenvalue weighted by Crippen LogP contribution is -2.30. The number of aliphatic hydroxyl groups excluding tert-OH is 1. The number of ether oxygens (including phenoxy) is 1. The lowest BCUT2D eigenvalue weighted by molar-refractivity contribution is -0.117. The van der Waals surface area contributed by atoms with Gasteiger partial charge in [-0.1, -0.05) is 19.9 Å². The number of aliphatic hydroxyl groups is 1. The molecule has 1 N–H and O–H groups in total. The van der Waals surface area contributed by atoms with Gasteiger partial charge >= 0.3 is 0 Å². The summed E-state index contributed by atoms with van der Waals surface area (Å²) in [5.41, 5.74) is 3.21. The SMILES string of the molecule is CCCN(CCC)CCC1OCCc2cc(N(CO)C(C)=O)ccc21. The van der Waals surface area contributed by atoms with Gasteiger partial charge in [0.15, 0.2) is 0 Å². The second kappa shape index (κ2) is 9.90. The van der Waals surface area contributed by atoms with Gasteiger partial charge in [-0.15, -0.1) is 0 Å². The van der Waals surface area contributed by atoms with Crippen molar-refractivity contribution in [2.45, 2.75) is 52.6 Å². The minimum atomic E-state index is -0.295. The maximum Gasteiger partial charge on any atom is 0.225 e. The zero-order valence-electron chi connectivity index (χ0n) is 15.8. The fraction of sp³-hybridized carbons (Fsp3) is 0.650. The minimum absolute atomic E-state index is 0.119. The summed E-state index contributed by atoms with van der Waals surface area (Å²) in [4.78, 5) is 15.5. The monoisotopic (exact) mass is 348 g/mol. The predicted octanol–water partition coefficient (Wildman–Crippen LogP) is 3.12. The maximum atomic E-state index is 11.6. The number of anilines is 1. The van der Waals surface area contributed by atoms with E-state index in [0.29, 0.717) is 6.61 Å². The van der Waals surface area contributed by atoms with Crippen molar-refractivity contribution >= 4 is 11.6 Å². The van der Waals surface area contributed by atoms with Crippen molar-refractivity contribution in [3.63, 3.8) is 0 Å². The first-order valence-electron chi connectivity index (χ1n) is 9.46. The average Bonchev–Trinajstić information content (AvgIpc) is 2.60. The molecule has 0 spiro atoms. The fourth-order valence-electron chi connectivity index (χ4n) is 3.56. The van der Waals surface area contributed by atoms with Gasteiger partial charge in [0.05, 0.1) is 12.7 Å². The molecule has 5 heteroatoms. The fourth-order valence-corrected chi connectivity index (χ4v) is 3.56. The highest BCUT2D eigenvalue weighted by Gasteiger charge is 2.23. The summed E-state index contributed by atoms with van der Waals surface area (Å²) in [5, 5.41) is 9.43. The van der Waals surface area contributed by atoms with Gasteiger partial charge < -0.3 is 14.7 Å². The van der Waals surface area contributed by atoms with Crippen LogP contribution in [0.4, 0.5) is 5.69 Å². The van der Waals surface area contributed by atoms with Crippen LogP contribution < -0.4 is 4.90 Å². The molecule has 0 aliphatic carbocycles. The second-order valence-corrected chi connectivity index (χ2v) is 6.71. The van der Waals surface area contributed by atoms with Gasteiger partial charge in [0.1, 0.15) is 6.73 Å². The van der Waals surface area contributed by atoms with Crippen LogP contribution in [-0.4, -0.2) is 48.9 Å². The van der Waals surface area contributed by atoms with E-state index in [9.17, 15) is 9.90 Å². The van der Waals surface area contributed by atoms with Crippen LogP contribution in [-0.2, 0) is 16.0 Å². The second-order valence-electron chi connectivity index (χ2n) is 6.71. The normalized spacial score (nSPS) is 16.8. The summed E-state index contributed by atoms with van der Waals surface area (Å²) in [6.07, 6.45) is 4.31. The molecule has 0 fully saturated rings. The Morgan fingerprint density at radius 1 is 1.24 bits per heavy atom. The Bertz CT molecular complexity index is 556. The zero-order valence-corrected chi connectivity index (χ0v) is 15.8. The first kappa shape index (κ1) is 19.9. The summed E-state index contributed by atoms with van der Waals surface area (Å²) in [6, 6.07) is 6.00. The van der Waals surface area contributed by atoms with E-state index in [-0.39, 0.29) is 18.7 Å². The van der Waals surface area contributed by atoms with Crippen LogP contribution in [0, 0.1) is 0 Å². The third-order valence-corrected chi connectivity index (χ3v) is 4.78. The summed E-state index contributed by atoms with van der Waals surface area (Å²) in [6.45, 7) is 9.64. The Morgan fingerprint density at radius 2 is 1.96 bits per heavy atom. The third kappa shape index (κ3) is 5.27. The first-order valence-corrected chi connectivity index (χ1v) is 9.46. The van der Waals surface area contributed by atoms with Gasteiger partial charge in [-0.3, -0.25) is 9.69 Å². The highest BCUT2D eigenvalue weighted by molar-refractivity contribution is 5.91. The number of carbonyl (C=O) groups is 1. The Morgan fingerprint density at radius 3 is 2.56 bits per heavy atom. The molecule has 1 aliphatic rings. The van der Waals surface area contributed by atoms with Crippen LogP contribution >= 0.6 is 0 Å².